The van der Waals surface area contributed by atoms with Crippen LogP contribution in [0.25, 0.3) is 11.3 Å². The fraction of sp³-hybridized carbons (Fsp3) is 0.167. The molecule has 2 rings (SSSR count). The van der Waals surface area contributed by atoms with Crippen LogP contribution in [0, 0.1) is 0 Å². The first-order valence-corrected chi connectivity index (χ1v) is 4.97. The van der Waals surface area contributed by atoms with Gasteiger partial charge >= 0.3 is 0 Å². The van der Waals surface area contributed by atoms with E-state index in [1.54, 1.807) is 12.1 Å². The molecule has 0 aliphatic heterocycles. The van der Waals surface area contributed by atoms with Crippen LogP contribution < -0.4 is 5.73 Å². The molecule has 2 aromatic rings. The predicted molar refractivity (Wildman–Crippen MR) is 61.6 cm³/mol. The molecular weight excluding hydrogens is 188 g/mol. The summed E-state index contributed by atoms with van der Waals surface area (Å²) in [6.45, 7) is 2.82. The summed E-state index contributed by atoms with van der Waals surface area (Å²) in [7, 11) is 0. The third kappa shape index (κ3) is 1.56. The summed E-state index contributed by atoms with van der Waals surface area (Å²) >= 11 is 0. The lowest BCUT2D eigenvalue weighted by molar-refractivity contribution is 0.476. The van der Waals surface area contributed by atoms with Crippen molar-refractivity contribution in [1.82, 2.24) is 4.57 Å². The maximum Gasteiger partial charge on any atom is 0.124 e. The summed E-state index contributed by atoms with van der Waals surface area (Å²) in [5, 5.41) is 9.74. The maximum atomic E-state index is 9.74. The first-order valence-electron chi connectivity index (χ1n) is 4.97. The zero-order chi connectivity index (χ0) is 10.8. The smallest absolute Gasteiger partial charge is 0.124 e. The molecule has 0 bridgehead atoms. The lowest BCUT2D eigenvalue weighted by atomic mass is 10.1. The minimum atomic E-state index is 0.283. The maximum absolute atomic E-state index is 9.74. The van der Waals surface area contributed by atoms with Gasteiger partial charge < -0.3 is 15.4 Å². The minimum absolute atomic E-state index is 0.283. The molecule has 1 heterocycles. The highest BCUT2D eigenvalue weighted by Gasteiger charge is 2.09. The molecule has 0 unspecified atom stereocenters. The van der Waals surface area contributed by atoms with E-state index in [1.165, 1.54) is 0 Å². The largest absolute Gasteiger partial charge is 0.507 e. The normalized spacial score (nSPS) is 10.5. The van der Waals surface area contributed by atoms with Crippen molar-refractivity contribution in [3.05, 3.63) is 36.4 Å². The third-order valence-electron chi connectivity index (χ3n) is 2.51. The van der Waals surface area contributed by atoms with Crippen LogP contribution in [0.1, 0.15) is 6.92 Å². The van der Waals surface area contributed by atoms with E-state index in [-0.39, 0.29) is 5.75 Å². The van der Waals surface area contributed by atoms with Crippen LogP contribution in [0.3, 0.4) is 0 Å². The van der Waals surface area contributed by atoms with Crippen LogP contribution in [-0.4, -0.2) is 9.67 Å². The monoisotopic (exact) mass is 202 g/mol. The van der Waals surface area contributed by atoms with Gasteiger partial charge in [-0.25, -0.2) is 0 Å². The molecule has 78 valence electrons. The molecule has 0 radical (unpaired) electrons. The molecule has 15 heavy (non-hydrogen) atoms. The predicted octanol–water partition coefficient (Wildman–Crippen LogP) is 2.46. The van der Waals surface area contributed by atoms with E-state index in [9.17, 15) is 5.11 Å². The van der Waals surface area contributed by atoms with E-state index in [0.29, 0.717) is 0 Å². The summed E-state index contributed by atoms with van der Waals surface area (Å²) in [6.07, 6.45) is 0. The first-order chi connectivity index (χ1) is 7.24. The Morgan fingerprint density at radius 2 is 1.93 bits per heavy atom. The number of anilines is 1. The Morgan fingerprint density at radius 1 is 1.20 bits per heavy atom. The van der Waals surface area contributed by atoms with Gasteiger partial charge in [0.2, 0.25) is 0 Å². The molecule has 1 aromatic carbocycles. The van der Waals surface area contributed by atoms with Crippen LogP contribution >= 0.6 is 0 Å². The zero-order valence-electron chi connectivity index (χ0n) is 8.64. The van der Waals surface area contributed by atoms with Gasteiger partial charge in [0.1, 0.15) is 11.6 Å². The Hall–Kier alpha value is -1.90. The van der Waals surface area contributed by atoms with Gasteiger partial charge in [-0.15, -0.1) is 0 Å². The number of phenolic OH excluding ortho intramolecular Hbond substituents is 1. The molecule has 0 saturated heterocycles. The first kappa shape index (κ1) is 9.65. The van der Waals surface area contributed by atoms with Gasteiger partial charge in [0.15, 0.2) is 0 Å². The van der Waals surface area contributed by atoms with Gasteiger partial charge in [0, 0.05) is 12.1 Å². The van der Waals surface area contributed by atoms with E-state index >= 15 is 0 Å². The van der Waals surface area contributed by atoms with E-state index in [4.69, 9.17) is 5.73 Å². The lowest BCUT2D eigenvalue weighted by Gasteiger charge is -2.09. The lowest BCUT2D eigenvalue weighted by Crippen LogP contribution is -2.01. The number of aromatic nitrogens is 1. The van der Waals surface area contributed by atoms with Crippen LogP contribution in [-0.2, 0) is 6.54 Å². The molecule has 0 fully saturated rings. The molecule has 1 aromatic heterocycles. The number of nitrogens with zero attached hydrogens (tertiary/aromatic N) is 1. The van der Waals surface area contributed by atoms with E-state index in [0.717, 1.165) is 23.6 Å². The van der Waals surface area contributed by atoms with Gasteiger partial charge in [-0.05, 0) is 31.2 Å². The molecule has 0 atom stereocenters. The Balaban J connectivity index is 2.59. The van der Waals surface area contributed by atoms with Crippen LogP contribution in [0.15, 0.2) is 36.4 Å². The molecule has 0 amide bonds. The van der Waals surface area contributed by atoms with Crippen molar-refractivity contribution in [2.24, 2.45) is 0 Å². The van der Waals surface area contributed by atoms with Gasteiger partial charge in [0.05, 0.1) is 5.69 Å². The van der Waals surface area contributed by atoms with Gasteiger partial charge in [-0.2, -0.15) is 0 Å². The van der Waals surface area contributed by atoms with E-state index in [1.807, 2.05) is 35.8 Å². The van der Waals surface area contributed by atoms with Crippen molar-refractivity contribution in [2.45, 2.75) is 13.5 Å². The van der Waals surface area contributed by atoms with Gasteiger partial charge in [-0.1, -0.05) is 12.1 Å². The van der Waals surface area contributed by atoms with Crippen molar-refractivity contribution >= 4 is 5.82 Å². The highest BCUT2D eigenvalue weighted by atomic mass is 16.3. The molecule has 3 N–H and O–H groups in total. The molecule has 0 aliphatic rings. The number of phenols is 1. The number of rotatable bonds is 2. The second-order valence-corrected chi connectivity index (χ2v) is 3.40. The molecule has 3 nitrogen and oxygen atoms in total. The van der Waals surface area contributed by atoms with Gasteiger partial charge in [0.25, 0.3) is 0 Å². The topological polar surface area (TPSA) is 51.2 Å². The summed E-state index contributed by atoms with van der Waals surface area (Å²) in [5.41, 5.74) is 7.59. The number of aromatic hydroxyl groups is 1. The van der Waals surface area contributed by atoms with Crippen molar-refractivity contribution in [2.75, 3.05) is 5.73 Å². The number of hydrogen-bond donors (Lipinski definition) is 2. The van der Waals surface area contributed by atoms with Gasteiger partial charge in [-0.3, -0.25) is 0 Å². The molecule has 0 saturated carbocycles. The van der Waals surface area contributed by atoms with E-state index in [2.05, 4.69) is 0 Å². The standard InChI is InChI=1S/C12H14N2O/c1-2-14-10(7-8-12(14)13)9-5-3-4-6-11(9)15/h3-8,15H,2,13H2,1H3. The minimum Gasteiger partial charge on any atom is -0.507 e. The number of benzene rings is 1. The Morgan fingerprint density at radius 3 is 2.60 bits per heavy atom. The van der Waals surface area contributed by atoms with E-state index < -0.39 is 0 Å². The zero-order valence-corrected chi connectivity index (χ0v) is 8.64. The number of hydrogen-bond acceptors (Lipinski definition) is 2. The number of nitrogen functional groups attached to an aromatic ring is 1. The Bertz CT molecular complexity index is 474. The summed E-state index contributed by atoms with van der Waals surface area (Å²) in [6, 6.07) is 11.0. The fourth-order valence-electron chi connectivity index (χ4n) is 1.76. The average molecular weight is 202 g/mol. The number of nitrogens with two attached hydrogens (primary N) is 1. The SMILES string of the molecule is CCn1c(N)ccc1-c1ccccc1O. The van der Waals surface area contributed by atoms with Crippen LogP contribution in [0.4, 0.5) is 5.82 Å². The van der Waals surface area contributed by atoms with Crippen molar-refractivity contribution < 1.29 is 5.11 Å². The van der Waals surface area contributed by atoms with Crippen LogP contribution in [0.5, 0.6) is 5.75 Å². The quantitative estimate of drug-likeness (QED) is 0.786. The van der Waals surface area contributed by atoms with Crippen molar-refractivity contribution in [3.8, 4) is 17.0 Å². The second kappa shape index (κ2) is 3.69. The molecule has 0 spiro atoms. The molecular formula is C12H14N2O. The average Bonchev–Trinajstić information content (AvgIpc) is 2.60. The number of para-hydroxylation sites is 1. The highest BCUT2D eigenvalue weighted by Crippen LogP contribution is 2.30. The Labute approximate surface area is 88.8 Å². The van der Waals surface area contributed by atoms with Crippen molar-refractivity contribution in [1.29, 1.82) is 0 Å². The second-order valence-electron chi connectivity index (χ2n) is 3.40. The third-order valence-corrected chi connectivity index (χ3v) is 2.51. The fourth-order valence-corrected chi connectivity index (χ4v) is 1.76. The molecule has 0 aliphatic carbocycles. The summed E-state index contributed by atoms with van der Waals surface area (Å²) < 4.78 is 1.97. The van der Waals surface area contributed by atoms with Crippen molar-refractivity contribution in [3.63, 3.8) is 0 Å². The highest BCUT2D eigenvalue weighted by molar-refractivity contribution is 5.69. The summed E-state index contributed by atoms with van der Waals surface area (Å²) in [5.74, 6) is 1.00. The Kier molecular flexibility index (Phi) is 2.37. The van der Waals surface area contributed by atoms with Crippen LogP contribution in [0.2, 0.25) is 0 Å². The summed E-state index contributed by atoms with van der Waals surface area (Å²) in [4.78, 5) is 0. The molecule has 3 heteroatoms.